The Labute approximate surface area is 93.5 Å². The fourth-order valence-corrected chi connectivity index (χ4v) is 0.481. The molecular formula is C10H14N2Ru. The Hall–Kier alpha value is -0.817. The van der Waals surface area contributed by atoms with Crippen LogP contribution in [0.3, 0.4) is 0 Å². The van der Waals surface area contributed by atoms with Crippen molar-refractivity contribution in [3.8, 4) is 0 Å². The van der Waals surface area contributed by atoms with Crippen LogP contribution < -0.4 is 0 Å². The third-order valence-electron chi connectivity index (χ3n) is 0.885. The van der Waals surface area contributed by atoms with E-state index in [1.54, 1.807) is 0 Å². The second kappa shape index (κ2) is 13.8. The number of aromatic nitrogens is 2. The second-order valence-corrected chi connectivity index (χ2v) is 1.63. The Morgan fingerprint density at radius 1 is 0.769 bits per heavy atom. The molecule has 0 saturated carbocycles. The Bertz CT molecular complexity index is 152. The van der Waals surface area contributed by atoms with Crippen LogP contribution >= 0.6 is 0 Å². The maximum absolute atomic E-state index is 2.74. The van der Waals surface area contributed by atoms with Gasteiger partial charge < -0.3 is 24.8 Å². The summed E-state index contributed by atoms with van der Waals surface area (Å²) in [7, 11) is 0. The number of hydrogen-bond donors (Lipinski definition) is 2. The van der Waals surface area contributed by atoms with Crippen LogP contribution in [0.2, 0.25) is 0 Å². The molecule has 0 amide bonds. The molecule has 0 unspecified atom stereocenters. The summed E-state index contributed by atoms with van der Waals surface area (Å²) in [5.74, 6) is 0. The van der Waals surface area contributed by atoms with E-state index in [0.29, 0.717) is 0 Å². The number of aromatic amines is 2. The van der Waals surface area contributed by atoms with Gasteiger partial charge in [-0.25, -0.2) is 0 Å². The molecule has 0 saturated heterocycles. The standard InChI is InChI=1S/2C4H4N.2CH3.Ru/c2*1-2-4-5-3-1;;;/h2*1-3,5H;2*1H3;/q4*-1;+4. The predicted molar refractivity (Wildman–Crippen MR) is 52.1 cm³/mol. The maximum Gasteiger partial charge on any atom is 4.00 e. The van der Waals surface area contributed by atoms with Crippen molar-refractivity contribution in [1.82, 2.24) is 9.97 Å². The van der Waals surface area contributed by atoms with Crippen LogP contribution in [0.1, 0.15) is 0 Å². The summed E-state index contributed by atoms with van der Waals surface area (Å²) >= 11 is 0. The molecule has 0 radical (unpaired) electrons. The van der Waals surface area contributed by atoms with E-state index < -0.39 is 0 Å². The molecule has 13 heavy (non-hydrogen) atoms. The minimum atomic E-state index is 0. The molecule has 0 aliphatic heterocycles. The van der Waals surface area contributed by atoms with E-state index in [2.05, 4.69) is 22.4 Å². The van der Waals surface area contributed by atoms with Gasteiger partial charge in [0.25, 0.3) is 0 Å². The average molecular weight is 263 g/mol. The monoisotopic (exact) mass is 264 g/mol. The van der Waals surface area contributed by atoms with Gasteiger partial charge in [0.05, 0.1) is 0 Å². The summed E-state index contributed by atoms with van der Waals surface area (Å²) < 4.78 is 0. The van der Waals surface area contributed by atoms with Gasteiger partial charge in [-0.1, -0.05) is 0 Å². The summed E-state index contributed by atoms with van der Waals surface area (Å²) in [6, 6.07) is 7.42. The van der Waals surface area contributed by atoms with Crippen molar-refractivity contribution in [3.05, 3.63) is 63.9 Å². The first-order valence-electron chi connectivity index (χ1n) is 2.99. The third-order valence-corrected chi connectivity index (χ3v) is 0.885. The van der Waals surface area contributed by atoms with Gasteiger partial charge in [0.1, 0.15) is 0 Å². The quantitative estimate of drug-likeness (QED) is 0.541. The molecule has 2 nitrogen and oxygen atoms in total. The molecule has 0 bridgehead atoms. The summed E-state index contributed by atoms with van der Waals surface area (Å²) in [6.45, 7) is 0. The number of H-pyrrole nitrogens is 2. The van der Waals surface area contributed by atoms with Crippen molar-refractivity contribution in [2.75, 3.05) is 0 Å². The van der Waals surface area contributed by atoms with E-state index in [-0.39, 0.29) is 34.3 Å². The zero-order chi connectivity index (χ0) is 7.07. The SMILES string of the molecule is [CH3-].[CH3-].[Ru+4].[c-]1ccc[nH]1.[c-]1ccc[nH]1. The molecular weight excluding hydrogens is 249 g/mol. The average Bonchev–Trinajstić information content (AvgIpc) is 2.67. The van der Waals surface area contributed by atoms with Crippen molar-refractivity contribution < 1.29 is 19.5 Å². The van der Waals surface area contributed by atoms with Crippen LogP contribution in [0.15, 0.2) is 36.7 Å². The molecule has 3 heteroatoms. The zero-order valence-electron chi connectivity index (χ0n) is 7.82. The molecule has 2 heterocycles. The van der Waals surface area contributed by atoms with Gasteiger partial charge in [-0.3, -0.25) is 0 Å². The molecule has 0 spiro atoms. The summed E-state index contributed by atoms with van der Waals surface area (Å²) in [4.78, 5) is 5.47. The van der Waals surface area contributed by atoms with Crippen LogP contribution in [0.5, 0.6) is 0 Å². The number of hydrogen-bond acceptors (Lipinski definition) is 0. The minimum Gasteiger partial charge on any atom is -0.484 e. The van der Waals surface area contributed by atoms with Gasteiger partial charge in [0.15, 0.2) is 0 Å². The topological polar surface area (TPSA) is 31.6 Å². The maximum atomic E-state index is 2.74. The Balaban J connectivity index is -0.000000125. The smallest absolute Gasteiger partial charge is 0.484 e. The molecule has 2 aromatic heterocycles. The fourth-order valence-electron chi connectivity index (χ4n) is 0.481. The van der Waals surface area contributed by atoms with Crippen molar-refractivity contribution in [2.45, 2.75) is 0 Å². The van der Waals surface area contributed by atoms with Crippen LogP contribution in [-0.2, 0) is 19.5 Å². The van der Waals surface area contributed by atoms with Gasteiger partial charge in [0, 0.05) is 0 Å². The van der Waals surface area contributed by atoms with Gasteiger partial charge in [0.2, 0.25) is 0 Å². The van der Waals surface area contributed by atoms with Crippen LogP contribution in [0, 0.1) is 27.2 Å². The summed E-state index contributed by atoms with van der Waals surface area (Å²) in [5, 5.41) is 0. The van der Waals surface area contributed by atoms with Gasteiger partial charge in [-0.05, 0) is 0 Å². The van der Waals surface area contributed by atoms with Crippen LogP contribution in [-0.4, -0.2) is 9.97 Å². The molecule has 0 fully saturated rings. The van der Waals surface area contributed by atoms with Crippen LogP contribution in [0.4, 0.5) is 0 Å². The molecule has 0 aliphatic rings. The Kier molecular flexibility index (Phi) is 19.1. The zero-order valence-corrected chi connectivity index (χ0v) is 9.56. The Morgan fingerprint density at radius 2 is 1.15 bits per heavy atom. The van der Waals surface area contributed by atoms with Crippen molar-refractivity contribution in [3.63, 3.8) is 0 Å². The van der Waals surface area contributed by atoms with Gasteiger partial charge in [-0.15, -0.1) is 12.4 Å². The van der Waals surface area contributed by atoms with E-state index >= 15 is 0 Å². The number of nitrogens with one attached hydrogen (secondary N) is 2. The molecule has 0 atom stereocenters. The van der Waals surface area contributed by atoms with E-state index in [1.807, 2.05) is 36.7 Å². The second-order valence-electron chi connectivity index (χ2n) is 1.63. The number of rotatable bonds is 0. The Morgan fingerprint density at radius 3 is 1.23 bits per heavy atom. The molecule has 72 valence electrons. The normalized spacial score (nSPS) is 6.15. The van der Waals surface area contributed by atoms with Crippen LogP contribution in [0.25, 0.3) is 0 Å². The van der Waals surface area contributed by atoms with Crippen molar-refractivity contribution in [1.29, 1.82) is 0 Å². The van der Waals surface area contributed by atoms with Crippen molar-refractivity contribution in [2.24, 2.45) is 0 Å². The largest absolute Gasteiger partial charge is 4.00 e. The first kappa shape index (κ1) is 18.1. The third kappa shape index (κ3) is 11.2. The molecule has 2 aromatic rings. The van der Waals surface area contributed by atoms with E-state index in [9.17, 15) is 0 Å². The van der Waals surface area contributed by atoms with E-state index in [4.69, 9.17) is 0 Å². The summed E-state index contributed by atoms with van der Waals surface area (Å²) in [5.41, 5.74) is 0. The van der Waals surface area contributed by atoms with E-state index in [1.165, 1.54) is 0 Å². The summed E-state index contributed by atoms with van der Waals surface area (Å²) in [6.07, 6.45) is 9.11. The first-order chi connectivity index (χ1) is 5.00. The predicted octanol–water partition coefficient (Wildman–Crippen LogP) is 2.53. The molecule has 0 aliphatic carbocycles. The minimum absolute atomic E-state index is 0. The van der Waals surface area contributed by atoms with E-state index in [0.717, 1.165) is 0 Å². The molecule has 0 aromatic carbocycles. The first-order valence-corrected chi connectivity index (χ1v) is 2.99. The van der Waals surface area contributed by atoms with Gasteiger partial charge in [-0.2, -0.15) is 36.7 Å². The van der Waals surface area contributed by atoms with Gasteiger partial charge >= 0.3 is 19.5 Å². The fraction of sp³-hybridized carbons (Fsp3) is 0. The van der Waals surface area contributed by atoms with Crippen molar-refractivity contribution >= 4 is 0 Å². The molecule has 2 N–H and O–H groups in total. The molecule has 2 rings (SSSR count).